The van der Waals surface area contributed by atoms with E-state index < -0.39 is 5.97 Å². The zero-order valence-electron chi connectivity index (χ0n) is 9.74. The van der Waals surface area contributed by atoms with Crippen LogP contribution >= 0.6 is 0 Å². The molecular weight excluding hydrogens is 236 g/mol. The minimum absolute atomic E-state index is 0.0479. The third-order valence-corrected chi connectivity index (χ3v) is 3.08. The van der Waals surface area contributed by atoms with E-state index in [9.17, 15) is 9.59 Å². The van der Waals surface area contributed by atoms with Gasteiger partial charge in [-0.05, 0) is 25.0 Å². The molecule has 1 amide bonds. The van der Waals surface area contributed by atoms with E-state index in [2.05, 4.69) is 4.98 Å². The fourth-order valence-corrected chi connectivity index (χ4v) is 2.09. The van der Waals surface area contributed by atoms with Crippen LogP contribution in [-0.4, -0.2) is 51.2 Å². The number of amides is 1. The Hall–Kier alpha value is -1.95. The molecule has 1 aromatic heterocycles. The topological polar surface area (TPSA) is 90.7 Å². The Balaban J connectivity index is 2.16. The van der Waals surface area contributed by atoms with Crippen molar-refractivity contribution in [2.75, 3.05) is 13.2 Å². The standard InChI is InChI=1S/C12H14N2O4/c15-7-9-2-1-5-14(9)11(16)10-4-3-8(6-13-10)12(17)18/h3-4,6,9,15H,1-2,5,7H2,(H,17,18). The van der Waals surface area contributed by atoms with Crippen LogP contribution in [0.3, 0.4) is 0 Å². The predicted octanol–water partition coefficient (Wildman–Crippen LogP) is 0.377. The van der Waals surface area contributed by atoms with Crippen molar-refractivity contribution in [2.45, 2.75) is 18.9 Å². The van der Waals surface area contributed by atoms with Crippen molar-refractivity contribution in [3.8, 4) is 0 Å². The maximum absolute atomic E-state index is 12.1. The van der Waals surface area contributed by atoms with Gasteiger partial charge >= 0.3 is 5.97 Å². The van der Waals surface area contributed by atoms with Gasteiger partial charge in [0, 0.05) is 12.7 Å². The predicted molar refractivity (Wildman–Crippen MR) is 62.3 cm³/mol. The molecule has 1 fully saturated rings. The van der Waals surface area contributed by atoms with Crippen molar-refractivity contribution < 1.29 is 19.8 Å². The fourth-order valence-electron chi connectivity index (χ4n) is 2.09. The van der Waals surface area contributed by atoms with Gasteiger partial charge in [-0.2, -0.15) is 0 Å². The van der Waals surface area contributed by atoms with Crippen molar-refractivity contribution in [3.05, 3.63) is 29.6 Å². The lowest BCUT2D eigenvalue weighted by atomic mass is 10.2. The zero-order chi connectivity index (χ0) is 13.1. The van der Waals surface area contributed by atoms with Gasteiger partial charge in [-0.15, -0.1) is 0 Å². The van der Waals surface area contributed by atoms with E-state index >= 15 is 0 Å². The van der Waals surface area contributed by atoms with Gasteiger partial charge in [-0.3, -0.25) is 9.78 Å². The number of hydrogen-bond acceptors (Lipinski definition) is 4. The summed E-state index contributed by atoms with van der Waals surface area (Å²) in [6.45, 7) is 0.547. The third-order valence-electron chi connectivity index (χ3n) is 3.08. The highest BCUT2D eigenvalue weighted by molar-refractivity contribution is 5.94. The van der Waals surface area contributed by atoms with E-state index in [1.807, 2.05) is 0 Å². The number of carbonyl (C=O) groups excluding carboxylic acids is 1. The van der Waals surface area contributed by atoms with Gasteiger partial charge in [0.2, 0.25) is 0 Å². The van der Waals surface area contributed by atoms with Crippen LogP contribution in [-0.2, 0) is 0 Å². The van der Waals surface area contributed by atoms with E-state index in [-0.39, 0.29) is 29.8 Å². The monoisotopic (exact) mass is 250 g/mol. The number of hydrogen-bond donors (Lipinski definition) is 2. The van der Waals surface area contributed by atoms with Crippen molar-refractivity contribution in [1.29, 1.82) is 0 Å². The molecule has 18 heavy (non-hydrogen) atoms. The van der Waals surface area contributed by atoms with Gasteiger partial charge in [0.15, 0.2) is 0 Å². The molecule has 1 atom stereocenters. The lowest BCUT2D eigenvalue weighted by Gasteiger charge is -2.22. The Kier molecular flexibility index (Phi) is 3.57. The number of aromatic carboxylic acids is 1. The maximum Gasteiger partial charge on any atom is 0.337 e. The van der Waals surface area contributed by atoms with Gasteiger partial charge in [0.05, 0.1) is 18.2 Å². The Morgan fingerprint density at radius 2 is 2.22 bits per heavy atom. The second kappa shape index (κ2) is 5.14. The minimum atomic E-state index is -1.07. The van der Waals surface area contributed by atoms with Crippen LogP contribution < -0.4 is 0 Å². The van der Waals surface area contributed by atoms with Crippen LogP contribution in [0.4, 0.5) is 0 Å². The highest BCUT2D eigenvalue weighted by atomic mass is 16.4. The molecule has 0 saturated carbocycles. The smallest absolute Gasteiger partial charge is 0.337 e. The number of aromatic nitrogens is 1. The van der Waals surface area contributed by atoms with Crippen molar-refractivity contribution >= 4 is 11.9 Å². The number of nitrogens with zero attached hydrogens (tertiary/aromatic N) is 2. The van der Waals surface area contributed by atoms with E-state index in [1.165, 1.54) is 18.3 Å². The van der Waals surface area contributed by atoms with E-state index in [0.717, 1.165) is 12.8 Å². The summed E-state index contributed by atoms with van der Waals surface area (Å²) in [6.07, 6.45) is 2.82. The molecule has 1 saturated heterocycles. The van der Waals surface area contributed by atoms with Gasteiger partial charge in [-0.1, -0.05) is 0 Å². The first kappa shape index (κ1) is 12.5. The SMILES string of the molecule is O=C(O)c1ccc(C(=O)N2CCCC2CO)nc1. The molecule has 2 heterocycles. The van der Waals surface area contributed by atoms with Crippen LogP contribution in [0.15, 0.2) is 18.3 Å². The van der Waals surface area contributed by atoms with Crippen LogP contribution in [0.1, 0.15) is 33.7 Å². The average molecular weight is 250 g/mol. The summed E-state index contributed by atoms with van der Waals surface area (Å²) in [5.74, 6) is -1.33. The molecular formula is C12H14N2O4. The largest absolute Gasteiger partial charge is 0.478 e. The second-order valence-corrected chi connectivity index (χ2v) is 4.21. The molecule has 0 bridgehead atoms. The van der Waals surface area contributed by atoms with Crippen molar-refractivity contribution in [1.82, 2.24) is 9.88 Å². The molecule has 1 aromatic rings. The zero-order valence-corrected chi connectivity index (χ0v) is 9.74. The molecule has 0 aromatic carbocycles. The second-order valence-electron chi connectivity index (χ2n) is 4.21. The number of aliphatic hydroxyl groups excluding tert-OH is 1. The summed E-state index contributed by atoms with van der Waals surface area (Å²) in [6, 6.07) is 2.60. The van der Waals surface area contributed by atoms with Crippen LogP contribution in [0, 0.1) is 0 Å². The number of rotatable bonds is 3. The lowest BCUT2D eigenvalue weighted by Crippen LogP contribution is -2.38. The van der Waals surface area contributed by atoms with Crippen LogP contribution in [0.25, 0.3) is 0 Å². The van der Waals surface area contributed by atoms with Crippen LogP contribution in [0.2, 0.25) is 0 Å². The number of carboxylic acids is 1. The van der Waals surface area contributed by atoms with Crippen molar-refractivity contribution in [2.24, 2.45) is 0 Å². The van der Waals surface area contributed by atoms with Gasteiger partial charge in [0.25, 0.3) is 5.91 Å². The summed E-state index contributed by atoms with van der Waals surface area (Å²) in [7, 11) is 0. The molecule has 0 radical (unpaired) electrons. The number of carbonyl (C=O) groups is 2. The Morgan fingerprint density at radius 3 is 2.78 bits per heavy atom. The van der Waals surface area contributed by atoms with Crippen molar-refractivity contribution in [3.63, 3.8) is 0 Å². The van der Waals surface area contributed by atoms with E-state index in [0.29, 0.717) is 6.54 Å². The highest BCUT2D eigenvalue weighted by Gasteiger charge is 2.29. The van der Waals surface area contributed by atoms with Gasteiger partial charge in [-0.25, -0.2) is 4.79 Å². The molecule has 1 aliphatic rings. The molecule has 6 heteroatoms. The Bertz CT molecular complexity index is 458. The first-order valence-electron chi connectivity index (χ1n) is 5.74. The Labute approximate surface area is 104 Å². The fraction of sp³-hybridized carbons (Fsp3) is 0.417. The highest BCUT2D eigenvalue weighted by Crippen LogP contribution is 2.19. The summed E-state index contributed by atoms with van der Waals surface area (Å²) >= 11 is 0. The minimum Gasteiger partial charge on any atom is -0.478 e. The first-order valence-corrected chi connectivity index (χ1v) is 5.74. The molecule has 1 unspecified atom stereocenters. The first-order chi connectivity index (χ1) is 8.63. The number of carboxylic acid groups (broad SMARTS) is 1. The molecule has 0 aliphatic carbocycles. The molecule has 2 rings (SSSR count). The summed E-state index contributed by atoms with van der Waals surface area (Å²) in [5, 5.41) is 17.9. The molecule has 0 spiro atoms. The number of aliphatic hydroxyl groups is 1. The number of pyridine rings is 1. The molecule has 1 aliphatic heterocycles. The van der Waals surface area contributed by atoms with E-state index in [4.69, 9.17) is 10.2 Å². The lowest BCUT2D eigenvalue weighted by molar-refractivity contribution is 0.0665. The quantitative estimate of drug-likeness (QED) is 0.809. The summed E-state index contributed by atoms with van der Waals surface area (Å²) in [5.41, 5.74) is 0.257. The summed E-state index contributed by atoms with van der Waals surface area (Å²) < 4.78 is 0. The average Bonchev–Trinajstić information content (AvgIpc) is 2.86. The summed E-state index contributed by atoms with van der Waals surface area (Å²) in [4.78, 5) is 28.2. The number of likely N-dealkylation sites (tertiary alicyclic amines) is 1. The van der Waals surface area contributed by atoms with Crippen LogP contribution in [0.5, 0.6) is 0 Å². The molecule has 2 N–H and O–H groups in total. The van der Waals surface area contributed by atoms with E-state index in [1.54, 1.807) is 4.90 Å². The molecule has 96 valence electrons. The maximum atomic E-state index is 12.1. The third kappa shape index (κ3) is 2.33. The van der Waals surface area contributed by atoms with Gasteiger partial charge < -0.3 is 15.1 Å². The normalized spacial score (nSPS) is 18.9. The van der Waals surface area contributed by atoms with Gasteiger partial charge in [0.1, 0.15) is 5.69 Å². The molecule has 6 nitrogen and oxygen atoms in total. The Morgan fingerprint density at radius 1 is 1.44 bits per heavy atom.